The summed E-state index contributed by atoms with van der Waals surface area (Å²) < 4.78 is 5.77. The molecule has 1 amide bonds. The third kappa shape index (κ3) is 9.42. The van der Waals surface area contributed by atoms with Gasteiger partial charge in [-0.15, -0.1) is 24.8 Å². The lowest BCUT2D eigenvalue weighted by Crippen LogP contribution is -2.48. The summed E-state index contributed by atoms with van der Waals surface area (Å²) >= 11 is 0. The van der Waals surface area contributed by atoms with Crippen molar-refractivity contribution in [1.82, 2.24) is 15.5 Å². The van der Waals surface area contributed by atoms with Crippen molar-refractivity contribution >= 4 is 30.7 Å². The van der Waals surface area contributed by atoms with E-state index in [-0.39, 0.29) is 36.8 Å². The van der Waals surface area contributed by atoms with E-state index in [4.69, 9.17) is 4.74 Å². The van der Waals surface area contributed by atoms with Crippen molar-refractivity contribution in [2.45, 2.75) is 45.6 Å². The number of ether oxygens (including phenoxy) is 1. The second-order valence-corrected chi connectivity index (χ2v) is 7.18. The van der Waals surface area contributed by atoms with Crippen LogP contribution < -0.4 is 10.6 Å². The second-order valence-electron chi connectivity index (χ2n) is 7.18. The molecule has 0 bridgehead atoms. The maximum Gasteiger partial charge on any atom is 0.220 e. The van der Waals surface area contributed by atoms with E-state index in [2.05, 4.69) is 29.4 Å². The molecule has 0 aromatic rings. The van der Waals surface area contributed by atoms with Crippen molar-refractivity contribution in [2.24, 2.45) is 11.8 Å². The van der Waals surface area contributed by atoms with Crippen LogP contribution in [-0.4, -0.2) is 62.8 Å². The predicted octanol–water partition coefficient (Wildman–Crippen LogP) is 2.08. The van der Waals surface area contributed by atoms with Crippen molar-refractivity contribution in [2.75, 3.05) is 45.9 Å². The molecule has 144 valence electrons. The van der Waals surface area contributed by atoms with Crippen LogP contribution in [0.25, 0.3) is 0 Å². The van der Waals surface area contributed by atoms with Crippen LogP contribution in [0.15, 0.2) is 0 Å². The van der Waals surface area contributed by atoms with E-state index < -0.39 is 0 Å². The Labute approximate surface area is 159 Å². The number of nitrogens with zero attached hydrogens (tertiary/aromatic N) is 1. The number of amides is 1. The van der Waals surface area contributed by atoms with Gasteiger partial charge in [0.2, 0.25) is 5.91 Å². The molecule has 1 unspecified atom stereocenters. The number of hydrogen-bond donors (Lipinski definition) is 2. The van der Waals surface area contributed by atoms with Gasteiger partial charge in [-0.05, 0) is 44.2 Å². The normalized spacial score (nSPS) is 22.5. The summed E-state index contributed by atoms with van der Waals surface area (Å²) in [6, 6.07) is 0. The van der Waals surface area contributed by atoms with Crippen LogP contribution in [0.3, 0.4) is 0 Å². The zero-order valence-corrected chi connectivity index (χ0v) is 16.7. The van der Waals surface area contributed by atoms with E-state index in [0.29, 0.717) is 18.9 Å². The fourth-order valence-electron chi connectivity index (χ4n) is 3.41. The van der Waals surface area contributed by atoms with Gasteiger partial charge >= 0.3 is 0 Å². The van der Waals surface area contributed by atoms with Gasteiger partial charge < -0.3 is 15.4 Å². The van der Waals surface area contributed by atoms with Gasteiger partial charge in [0.1, 0.15) is 0 Å². The molecule has 0 aromatic heterocycles. The average molecular weight is 384 g/mol. The summed E-state index contributed by atoms with van der Waals surface area (Å²) in [5.41, 5.74) is 0. The molecule has 2 aliphatic heterocycles. The first-order valence-corrected chi connectivity index (χ1v) is 8.95. The minimum Gasteiger partial charge on any atom is -0.374 e. The molecule has 2 aliphatic rings. The standard InChI is InChI=1S/C17H33N3O2.2ClH/c1-14(2)12-20-9-10-22-16(13-20)11-19-17(21)4-3-15-5-7-18-8-6-15;;/h14-16,18H,3-13H2,1-2H3,(H,19,21);2*1H. The number of hydrogen-bond acceptors (Lipinski definition) is 4. The molecule has 2 fully saturated rings. The van der Waals surface area contributed by atoms with Crippen LogP contribution in [0.5, 0.6) is 0 Å². The molecular formula is C17H35Cl2N3O2. The lowest BCUT2D eigenvalue weighted by Gasteiger charge is -2.34. The maximum absolute atomic E-state index is 12.0. The van der Waals surface area contributed by atoms with Gasteiger partial charge in [0.15, 0.2) is 0 Å². The molecule has 2 heterocycles. The number of carbonyl (C=O) groups excluding carboxylic acids is 1. The molecule has 7 heteroatoms. The summed E-state index contributed by atoms with van der Waals surface area (Å²) in [6.45, 7) is 11.2. The molecule has 0 spiro atoms. The molecule has 2 saturated heterocycles. The highest BCUT2D eigenvalue weighted by Crippen LogP contribution is 2.17. The van der Waals surface area contributed by atoms with Crippen molar-refractivity contribution in [3.8, 4) is 0 Å². The largest absolute Gasteiger partial charge is 0.374 e. The van der Waals surface area contributed by atoms with E-state index in [1.165, 1.54) is 12.8 Å². The van der Waals surface area contributed by atoms with Gasteiger partial charge in [-0.3, -0.25) is 9.69 Å². The SMILES string of the molecule is CC(C)CN1CCOC(CNC(=O)CCC2CCNCC2)C1.Cl.Cl. The van der Waals surface area contributed by atoms with Crippen LogP contribution in [-0.2, 0) is 9.53 Å². The number of piperidine rings is 1. The monoisotopic (exact) mass is 383 g/mol. The molecule has 1 atom stereocenters. The molecule has 0 aromatic carbocycles. The highest BCUT2D eigenvalue weighted by atomic mass is 35.5. The topological polar surface area (TPSA) is 53.6 Å². The Hall–Kier alpha value is -0.0700. The first-order valence-electron chi connectivity index (χ1n) is 8.95. The van der Waals surface area contributed by atoms with Gasteiger partial charge in [-0.25, -0.2) is 0 Å². The van der Waals surface area contributed by atoms with E-state index in [1.54, 1.807) is 0 Å². The third-order valence-corrected chi connectivity index (χ3v) is 4.61. The molecule has 0 saturated carbocycles. The Kier molecular flexibility index (Phi) is 13.1. The van der Waals surface area contributed by atoms with Gasteiger partial charge in [-0.2, -0.15) is 0 Å². The fraction of sp³-hybridized carbons (Fsp3) is 0.941. The van der Waals surface area contributed by atoms with Crippen molar-refractivity contribution in [1.29, 1.82) is 0 Å². The summed E-state index contributed by atoms with van der Waals surface area (Å²) in [6.07, 6.45) is 4.26. The Morgan fingerprint density at radius 3 is 2.67 bits per heavy atom. The summed E-state index contributed by atoms with van der Waals surface area (Å²) in [4.78, 5) is 14.4. The van der Waals surface area contributed by atoms with Crippen molar-refractivity contribution in [3.05, 3.63) is 0 Å². The number of halogens is 2. The molecule has 2 N–H and O–H groups in total. The highest BCUT2D eigenvalue weighted by molar-refractivity contribution is 5.85. The van der Waals surface area contributed by atoms with E-state index in [0.717, 1.165) is 51.7 Å². The van der Waals surface area contributed by atoms with Gasteiger partial charge in [0, 0.05) is 32.6 Å². The number of nitrogens with one attached hydrogen (secondary N) is 2. The van der Waals surface area contributed by atoms with Crippen LogP contribution in [0.2, 0.25) is 0 Å². The van der Waals surface area contributed by atoms with Gasteiger partial charge in [-0.1, -0.05) is 13.8 Å². The fourth-order valence-corrected chi connectivity index (χ4v) is 3.41. The minimum atomic E-state index is 0. The summed E-state index contributed by atoms with van der Waals surface area (Å²) in [5.74, 6) is 1.58. The average Bonchev–Trinajstić information content (AvgIpc) is 2.52. The molecule has 24 heavy (non-hydrogen) atoms. The van der Waals surface area contributed by atoms with Crippen LogP contribution in [0.1, 0.15) is 39.5 Å². The summed E-state index contributed by atoms with van der Waals surface area (Å²) in [7, 11) is 0. The van der Waals surface area contributed by atoms with E-state index in [1.807, 2.05) is 0 Å². The number of rotatable bonds is 7. The van der Waals surface area contributed by atoms with Crippen molar-refractivity contribution in [3.63, 3.8) is 0 Å². The lowest BCUT2D eigenvalue weighted by atomic mass is 9.93. The predicted molar refractivity (Wildman–Crippen MR) is 103 cm³/mol. The Morgan fingerprint density at radius 1 is 1.29 bits per heavy atom. The molecular weight excluding hydrogens is 349 g/mol. The molecule has 0 radical (unpaired) electrons. The zero-order valence-electron chi connectivity index (χ0n) is 15.1. The van der Waals surface area contributed by atoms with Crippen molar-refractivity contribution < 1.29 is 9.53 Å². The molecule has 5 nitrogen and oxygen atoms in total. The minimum absolute atomic E-state index is 0. The molecule has 2 rings (SSSR count). The highest BCUT2D eigenvalue weighted by Gasteiger charge is 2.21. The maximum atomic E-state index is 12.0. The van der Waals surface area contributed by atoms with Gasteiger partial charge in [0.05, 0.1) is 12.7 Å². The Balaban J connectivity index is 0.00000264. The van der Waals surface area contributed by atoms with Gasteiger partial charge in [0.25, 0.3) is 0 Å². The van der Waals surface area contributed by atoms with E-state index >= 15 is 0 Å². The second kappa shape index (κ2) is 13.2. The molecule has 0 aliphatic carbocycles. The third-order valence-electron chi connectivity index (χ3n) is 4.61. The number of morpholine rings is 1. The van der Waals surface area contributed by atoms with Crippen LogP contribution in [0.4, 0.5) is 0 Å². The van der Waals surface area contributed by atoms with E-state index in [9.17, 15) is 4.79 Å². The Bertz CT molecular complexity index is 340. The quantitative estimate of drug-likeness (QED) is 0.706. The van der Waals surface area contributed by atoms with Crippen LogP contribution >= 0.6 is 24.8 Å². The zero-order chi connectivity index (χ0) is 15.8. The first kappa shape index (κ1) is 23.9. The summed E-state index contributed by atoms with van der Waals surface area (Å²) in [5, 5.41) is 6.43. The number of carbonyl (C=O) groups is 1. The smallest absolute Gasteiger partial charge is 0.220 e. The Morgan fingerprint density at radius 2 is 2.00 bits per heavy atom. The lowest BCUT2D eigenvalue weighted by molar-refractivity contribution is -0.122. The first-order chi connectivity index (χ1) is 10.6. The van der Waals surface area contributed by atoms with Crippen LogP contribution in [0, 0.1) is 11.8 Å².